The van der Waals surface area contributed by atoms with E-state index in [0.29, 0.717) is 18.7 Å². The maximum absolute atomic E-state index is 13.9. The van der Waals surface area contributed by atoms with Gasteiger partial charge in [-0.1, -0.05) is 60.7 Å². The second kappa shape index (κ2) is 8.44. The lowest BCUT2D eigenvalue weighted by atomic mass is 9.88. The molecule has 1 fully saturated rings. The minimum atomic E-state index is -3.44. The minimum Gasteiger partial charge on any atom is -0.333 e. The van der Waals surface area contributed by atoms with E-state index in [2.05, 4.69) is 10.2 Å². The second-order valence-corrected chi connectivity index (χ2v) is 9.70. The number of amides is 1. The van der Waals surface area contributed by atoms with Gasteiger partial charge in [0.1, 0.15) is 4.90 Å². The molecule has 1 saturated heterocycles. The fourth-order valence-corrected chi connectivity index (χ4v) is 5.07. The Labute approximate surface area is 176 Å². The highest BCUT2D eigenvalue weighted by Gasteiger charge is 2.36. The van der Waals surface area contributed by atoms with Gasteiger partial charge in [0.15, 0.2) is 9.84 Å². The van der Waals surface area contributed by atoms with Crippen LogP contribution in [0.3, 0.4) is 0 Å². The van der Waals surface area contributed by atoms with Gasteiger partial charge >= 0.3 is 0 Å². The molecular formula is C23H25N3O3S. The van der Waals surface area contributed by atoms with Crippen LogP contribution in [0.15, 0.2) is 71.8 Å². The molecule has 1 aliphatic rings. The third-order valence-corrected chi connectivity index (χ3v) is 6.79. The summed E-state index contributed by atoms with van der Waals surface area (Å²) in [6.07, 6.45) is 5.03. The number of rotatable bonds is 5. The Morgan fingerprint density at radius 2 is 1.63 bits per heavy atom. The van der Waals surface area contributed by atoms with Crippen LogP contribution in [0.4, 0.5) is 0 Å². The molecule has 0 unspecified atom stereocenters. The molecule has 1 aromatic heterocycles. The molecule has 2 heterocycles. The molecule has 1 atom stereocenters. The number of likely N-dealkylation sites (tertiary alicyclic amines) is 1. The average molecular weight is 424 g/mol. The summed E-state index contributed by atoms with van der Waals surface area (Å²) in [5.74, 6) is -0.469. The molecule has 30 heavy (non-hydrogen) atoms. The zero-order chi connectivity index (χ0) is 21.1. The summed E-state index contributed by atoms with van der Waals surface area (Å²) in [5.41, 5.74) is 2.35. The van der Waals surface area contributed by atoms with Crippen molar-refractivity contribution in [1.29, 1.82) is 0 Å². The fraction of sp³-hybridized carbons (Fsp3) is 0.304. The van der Waals surface area contributed by atoms with Crippen LogP contribution >= 0.6 is 0 Å². The van der Waals surface area contributed by atoms with E-state index in [1.54, 1.807) is 0 Å². The number of H-pyrrole nitrogens is 1. The summed E-state index contributed by atoms with van der Waals surface area (Å²) in [6, 6.07) is 19.1. The van der Waals surface area contributed by atoms with Crippen molar-refractivity contribution in [3.63, 3.8) is 0 Å². The summed E-state index contributed by atoms with van der Waals surface area (Å²) in [6.45, 7) is 0.585. The number of aromatic nitrogens is 2. The highest BCUT2D eigenvalue weighted by molar-refractivity contribution is 7.90. The van der Waals surface area contributed by atoms with Gasteiger partial charge in [0.25, 0.3) is 0 Å². The number of benzene rings is 2. The lowest BCUT2D eigenvalue weighted by molar-refractivity contribution is -0.136. The van der Waals surface area contributed by atoms with Crippen LogP contribution in [0.2, 0.25) is 0 Å². The zero-order valence-corrected chi connectivity index (χ0v) is 17.7. The normalized spacial score (nSPS) is 17.3. The van der Waals surface area contributed by atoms with Crippen molar-refractivity contribution in [2.75, 3.05) is 12.8 Å². The number of nitrogens with zero attached hydrogens (tertiary/aromatic N) is 2. The molecule has 7 heteroatoms. The van der Waals surface area contributed by atoms with E-state index in [-0.39, 0.29) is 16.8 Å². The largest absolute Gasteiger partial charge is 0.333 e. The number of hydrogen-bond acceptors (Lipinski definition) is 4. The van der Waals surface area contributed by atoms with E-state index in [1.165, 1.54) is 12.5 Å². The quantitative estimate of drug-likeness (QED) is 0.678. The predicted molar refractivity (Wildman–Crippen MR) is 115 cm³/mol. The van der Waals surface area contributed by atoms with Crippen LogP contribution in [0, 0.1) is 0 Å². The topological polar surface area (TPSA) is 83.1 Å². The number of sulfone groups is 1. The Kier molecular flexibility index (Phi) is 5.72. The molecule has 1 aliphatic heterocycles. The van der Waals surface area contributed by atoms with Gasteiger partial charge in [-0.3, -0.25) is 9.89 Å². The molecular weight excluding hydrogens is 398 g/mol. The van der Waals surface area contributed by atoms with Crippen molar-refractivity contribution in [1.82, 2.24) is 15.1 Å². The van der Waals surface area contributed by atoms with Crippen LogP contribution in [0.1, 0.15) is 48.0 Å². The summed E-state index contributed by atoms with van der Waals surface area (Å²) in [7, 11) is -3.44. The molecule has 1 amide bonds. The van der Waals surface area contributed by atoms with Crippen molar-refractivity contribution in [3.8, 4) is 0 Å². The van der Waals surface area contributed by atoms with Crippen LogP contribution in [-0.2, 0) is 14.6 Å². The molecule has 4 rings (SSSR count). The zero-order valence-electron chi connectivity index (χ0n) is 16.9. The van der Waals surface area contributed by atoms with E-state index < -0.39 is 15.8 Å². The molecule has 0 radical (unpaired) electrons. The molecule has 3 aromatic rings. The third kappa shape index (κ3) is 4.03. The smallest absolute Gasteiger partial charge is 0.235 e. The van der Waals surface area contributed by atoms with E-state index in [1.807, 2.05) is 65.6 Å². The molecule has 0 bridgehead atoms. The van der Waals surface area contributed by atoms with Gasteiger partial charge in [0, 0.05) is 12.8 Å². The second-order valence-electron chi connectivity index (χ2n) is 7.72. The molecule has 0 aliphatic carbocycles. The van der Waals surface area contributed by atoms with Gasteiger partial charge in [0.05, 0.1) is 23.9 Å². The standard InChI is InChI=1S/C23H25N3O3S/c1-30(28,29)20-16-24-25-22(20)19-14-8-9-15-26(19)23(27)21(17-10-4-2-5-11-17)18-12-6-3-7-13-18/h2-7,10-13,16,19,21H,8-9,14-15H2,1H3,(H,24,25)/t19-/m0/s1. The average Bonchev–Trinajstić information content (AvgIpc) is 3.26. The molecule has 2 aromatic carbocycles. The first-order valence-electron chi connectivity index (χ1n) is 10.1. The Bertz CT molecular complexity index is 1070. The van der Waals surface area contributed by atoms with Crippen LogP contribution in [0.5, 0.6) is 0 Å². The Balaban J connectivity index is 1.76. The van der Waals surface area contributed by atoms with Gasteiger partial charge in [-0.15, -0.1) is 0 Å². The first-order valence-corrected chi connectivity index (χ1v) is 12.0. The van der Waals surface area contributed by atoms with Crippen LogP contribution < -0.4 is 0 Å². The van der Waals surface area contributed by atoms with Crippen LogP contribution in [-0.4, -0.2) is 42.2 Å². The summed E-state index contributed by atoms with van der Waals surface area (Å²) in [4.78, 5) is 15.9. The number of hydrogen-bond donors (Lipinski definition) is 1. The number of carbonyl (C=O) groups is 1. The van der Waals surface area contributed by atoms with Crippen LogP contribution in [0.25, 0.3) is 0 Å². The molecule has 156 valence electrons. The number of nitrogens with one attached hydrogen (secondary N) is 1. The summed E-state index contributed by atoms with van der Waals surface area (Å²) < 4.78 is 24.5. The first kappa shape index (κ1) is 20.3. The Morgan fingerprint density at radius 1 is 1.03 bits per heavy atom. The fourth-order valence-electron chi connectivity index (χ4n) is 4.25. The van der Waals surface area contributed by atoms with Gasteiger partial charge in [-0.2, -0.15) is 5.10 Å². The third-order valence-electron chi connectivity index (χ3n) is 5.66. The van der Waals surface area contributed by atoms with Gasteiger partial charge in [-0.25, -0.2) is 8.42 Å². The van der Waals surface area contributed by atoms with Gasteiger partial charge in [0.2, 0.25) is 5.91 Å². The SMILES string of the molecule is CS(=O)(=O)c1cn[nH]c1[C@@H]1CCCCN1C(=O)C(c1ccccc1)c1ccccc1. The number of carbonyl (C=O) groups excluding carboxylic acids is 1. The summed E-state index contributed by atoms with van der Waals surface area (Å²) >= 11 is 0. The maximum atomic E-state index is 13.9. The van der Waals surface area contributed by atoms with Gasteiger partial charge in [-0.05, 0) is 30.4 Å². The number of piperidine rings is 1. The number of aromatic amines is 1. The monoisotopic (exact) mass is 423 g/mol. The van der Waals surface area contributed by atoms with E-state index in [4.69, 9.17) is 0 Å². The van der Waals surface area contributed by atoms with Crippen molar-refractivity contribution < 1.29 is 13.2 Å². The van der Waals surface area contributed by atoms with Crippen molar-refractivity contribution in [2.24, 2.45) is 0 Å². The van der Waals surface area contributed by atoms with E-state index in [0.717, 1.165) is 24.0 Å². The lowest BCUT2D eigenvalue weighted by Gasteiger charge is -2.38. The van der Waals surface area contributed by atoms with E-state index >= 15 is 0 Å². The highest BCUT2D eigenvalue weighted by atomic mass is 32.2. The minimum absolute atomic E-state index is 0.0221. The van der Waals surface area contributed by atoms with E-state index in [9.17, 15) is 13.2 Å². The van der Waals surface area contributed by atoms with Gasteiger partial charge < -0.3 is 4.90 Å². The molecule has 6 nitrogen and oxygen atoms in total. The van der Waals surface area contributed by atoms with Crippen molar-refractivity contribution in [3.05, 3.63) is 83.7 Å². The summed E-state index contributed by atoms with van der Waals surface area (Å²) in [5, 5.41) is 6.84. The Hall–Kier alpha value is -2.93. The van der Waals surface area contributed by atoms with Crippen molar-refractivity contribution in [2.45, 2.75) is 36.1 Å². The first-order chi connectivity index (χ1) is 14.5. The molecule has 0 spiro atoms. The lowest BCUT2D eigenvalue weighted by Crippen LogP contribution is -2.42. The molecule has 1 N–H and O–H groups in total. The molecule has 0 saturated carbocycles. The maximum Gasteiger partial charge on any atom is 0.235 e. The van der Waals surface area contributed by atoms with Crippen molar-refractivity contribution >= 4 is 15.7 Å². The Morgan fingerprint density at radius 3 is 2.20 bits per heavy atom. The predicted octanol–water partition coefficient (Wildman–Crippen LogP) is 3.70. The highest BCUT2D eigenvalue weighted by Crippen LogP contribution is 2.37.